The Hall–Kier alpha value is -1.60. The highest BCUT2D eigenvalue weighted by Gasteiger charge is 2.16. The van der Waals surface area contributed by atoms with E-state index < -0.39 is 10.0 Å². The average Bonchev–Trinajstić information content (AvgIpc) is 2.54. The van der Waals surface area contributed by atoms with Crippen LogP contribution in [-0.4, -0.2) is 51.6 Å². The summed E-state index contributed by atoms with van der Waals surface area (Å²) in [6.07, 6.45) is 3.69. The summed E-state index contributed by atoms with van der Waals surface area (Å²) in [7, 11) is -0.411. The van der Waals surface area contributed by atoms with E-state index in [2.05, 4.69) is 10.2 Å². The monoisotopic (exact) mass is 339 g/mol. The Balaban J connectivity index is 1.86. The molecule has 0 unspecified atom stereocenters. The van der Waals surface area contributed by atoms with Crippen LogP contribution < -0.4 is 10.2 Å². The summed E-state index contributed by atoms with van der Waals surface area (Å²) in [5.41, 5.74) is 1.86. The van der Waals surface area contributed by atoms with Gasteiger partial charge in [-0.15, -0.1) is 0 Å². The second-order valence-electron chi connectivity index (χ2n) is 5.99. The molecule has 0 radical (unpaired) electrons. The van der Waals surface area contributed by atoms with E-state index in [-0.39, 0.29) is 18.1 Å². The van der Waals surface area contributed by atoms with E-state index in [1.165, 1.54) is 33.4 Å². The zero-order valence-electron chi connectivity index (χ0n) is 13.8. The highest BCUT2D eigenvalue weighted by Crippen LogP contribution is 2.21. The molecule has 23 heavy (non-hydrogen) atoms. The van der Waals surface area contributed by atoms with Gasteiger partial charge in [-0.05, 0) is 43.5 Å². The van der Waals surface area contributed by atoms with Crippen molar-refractivity contribution >= 4 is 27.3 Å². The fourth-order valence-corrected chi connectivity index (χ4v) is 3.34. The molecule has 0 atom stereocenters. The van der Waals surface area contributed by atoms with Crippen LogP contribution in [0.5, 0.6) is 0 Å². The zero-order chi connectivity index (χ0) is 16.9. The van der Waals surface area contributed by atoms with Crippen LogP contribution in [0.15, 0.2) is 24.3 Å². The Morgan fingerprint density at radius 3 is 2.30 bits per heavy atom. The van der Waals surface area contributed by atoms with Crippen LogP contribution in [-0.2, 0) is 14.8 Å². The van der Waals surface area contributed by atoms with Gasteiger partial charge in [-0.3, -0.25) is 4.79 Å². The van der Waals surface area contributed by atoms with Crippen LogP contribution in [0, 0.1) is 0 Å². The molecule has 1 aliphatic rings. The number of carbonyl (C=O) groups is 1. The van der Waals surface area contributed by atoms with Gasteiger partial charge in [-0.2, -0.15) is 0 Å². The van der Waals surface area contributed by atoms with E-state index in [9.17, 15) is 13.2 Å². The van der Waals surface area contributed by atoms with E-state index in [1.54, 1.807) is 0 Å². The van der Waals surface area contributed by atoms with Crippen molar-refractivity contribution in [2.45, 2.75) is 25.7 Å². The highest BCUT2D eigenvalue weighted by molar-refractivity contribution is 7.89. The van der Waals surface area contributed by atoms with Gasteiger partial charge < -0.3 is 10.2 Å². The van der Waals surface area contributed by atoms with Crippen LogP contribution in [0.2, 0.25) is 0 Å². The minimum atomic E-state index is -3.34. The molecular formula is C16H25N3O3S. The van der Waals surface area contributed by atoms with Gasteiger partial charge in [-0.1, -0.05) is 0 Å². The first-order valence-corrected chi connectivity index (χ1v) is 9.54. The Kier molecular flexibility index (Phi) is 6.01. The first kappa shape index (κ1) is 17.7. The molecule has 7 heteroatoms. The predicted octanol–water partition coefficient (Wildman–Crippen LogP) is 1.90. The molecular weight excluding hydrogens is 314 g/mol. The molecule has 0 aliphatic carbocycles. The maximum atomic E-state index is 11.9. The molecule has 0 aromatic heterocycles. The highest BCUT2D eigenvalue weighted by atomic mass is 32.2. The molecule has 1 saturated heterocycles. The molecule has 0 saturated carbocycles. The molecule has 1 heterocycles. The zero-order valence-corrected chi connectivity index (χ0v) is 14.6. The van der Waals surface area contributed by atoms with Gasteiger partial charge in [0.15, 0.2) is 0 Å². The van der Waals surface area contributed by atoms with Crippen molar-refractivity contribution in [1.29, 1.82) is 0 Å². The van der Waals surface area contributed by atoms with Gasteiger partial charge in [-0.25, -0.2) is 12.7 Å². The number of carbonyl (C=O) groups excluding carboxylic acids is 1. The van der Waals surface area contributed by atoms with Gasteiger partial charge >= 0.3 is 0 Å². The van der Waals surface area contributed by atoms with Gasteiger partial charge in [0.1, 0.15) is 0 Å². The maximum Gasteiger partial charge on any atom is 0.225 e. The maximum absolute atomic E-state index is 11.9. The predicted molar refractivity (Wildman–Crippen MR) is 93.2 cm³/mol. The number of anilines is 2. The lowest BCUT2D eigenvalue weighted by molar-refractivity contribution is -0.115. The third-order valence-corrected chi connectivity index (χ3v) is 5.85. The molecule has 1 aromatic rings. The lowest BCUT2D eigenvalue weighted by atomic mass is 10.1. The van der Waals surface area contributed by atoms with Gasteiger partial charge in [0.25, 0.3) is 0 Å². The topological polar surface area (TPSA) is 69.7 Å². The standard InChI is InChI=1S/C16H25N3O3S/c1-18(2)23(21,22)13-10-16(20)17-14-6-8-15(9-7-14)19-11-4-3-5-12-19/h6-9H,3-5,10-13H2,1-2H3,(H,17,20). The summed E-state index contributed by atoms with van der Waals surface area (Å²) >= 11 is 0. The van der Waals surface area contributed by atoms with Crippen LogP contribution in [0.1, 0.15) is 25.7 Å². The minimum absolute atomic E-state index is 0.0472. The molecule has 1 aromatic carbocycles. The van der Waals surface area contributed by atoms with E-state index in [4.69, 9.17) is 0 Å². The van der Waals surface area contributed by atoms with Crippen LogP contribution in [0.3, 0.4) is 0 Å². The number of nitrogens with zero attached hydrogens (tertiary/aromatic N) is 2. The van der Waals surface area contributed by atoms with Crippen LogP contribution in [0.25, 0.3) is 0 Å². The summed E-state index contributed by atoms with van der Waals surface area (Å²) in [5, 5.41) is 2.74. The second-order valence-corrected chi connectivity index (χ2v) is 8.29. The van der Waals surface area contributed by atoms with Crippen LogP contribution in [0.4, 0.5) is 11.4 Å². The SMILES string of the molecule is CN(C)S(=O)(=O)CCC(=O)Nc1ccc(N2CCCCC2)cc1. The van der Waals surface area contributed by atoms with Crippen molar-refractivity contribution in [3.63, 3.8) is 0 Å². The summed E-state index contributed by atoms with van der Waals surface area (Å²) < 4.78 is 24.4. The molecule has 0 bridgehead atoms. The largest absolute Gasteiger partial charge is 0.372 e. The molecule has 0 spiro atoms. The van der Waals surface area contributed by atoms with E-state index >= 15 is 0 Å². The fraction of sp³-hybridized carbons (Fsp3) is 0.562. The minimum Gasteiger partial charge on any atom is -0.372 e. The van der Waals surface area contributed by atoms with Crippen molar-refractivity contribution in [2.75, 3.05) is 43.2 Å². The molecule has 6 nitrogen and oxygen atoms in total. The smallest absolute Gasteiger partial charge is 0.225 e. The van der Waals surface area contributed by atoms with Gasteiger partial charge in [0.05, 0.1) is 5.75 Å². The summed E-state index contributed by atoms with van der Waals surface area (Å²) in [6.45, 7) is 2.15. The number of piperidine rings is 1. The lowest BCUT2D eigenvalue weighted by Crippen LogP contribution is -2.29. The normalized spacial score (nSPS) is 15.7. The van der Waals surface area contributed by atoms with Crippen molar-refractivity contribution < 1.29 is 13.2 Å². The molecule has 1 aliphatic heterocycles. The lowest BCUT2D eigenvalue weighted by Gasteiger charge is -2.28. The van der Waals surface area contributed by atoms with Crippen molar-refractivity contribution in [3.8, 4) is 0 Å². The third-order valence-electron chi connectivity index (χ3n) is 4.02. The number of benzene rings is 1. The van der Waals surface area contributed by atoms with Crippen molar-refractivity contribution in [1.82, 2.24) is 4.31 Å². The number of sulfonamides is 1. The van der Waals surface area contributed by atoms with E-state index in [0.717, 1.165) is 23.1 Å². The third kappa shape index (κ3) is 5.21. The van der Waals surface area contributed by atoms with E-state index in [1.807, 2.05) is 24.3 Å². The van der Waals surface area contributed by atoms with Crippen LogP contribution >= 0.6 is 0 Å². The number of amides is 1. The molecule has 128 valence electrons. The van der Waals surface area contributed by atoms with Gasteiger partial charge in [0, 0.05) is 45.0 Å². The summed E-state index contributed by atoms with van der Waals surface area (Å²) in [6, 6.07) is 7.72. The molecule has 1 N–H and O–H groups in total. The fourth-order valence-electron chi connectivity index (χ4n) is 2.54. The first-order valence-electron chi connectivity index (χ1n) is 7.93. The van der Waals surface area contributed by atoms with Crippen molar-refractivity contribution in [3.05, 3.63) is 24.3 Å². The second kappa shape index (κ2) is 7.79. The number of hydrogen-bond donors (Lipinski definition) is 1. The molecule has 1 fully saturated rings. The number of rotatable bonds is 6. The van der Waals surface area contributed by atoms with Crippen molar-refractivity contribution in [2.24, 2.45) is 0 Å². The quantitative estimate of drug-likeness (QED) is 0.859. The molecule has 1 amide bonds. The Labute approximate surface area is 138 Å². The Morgan fingerprint density at radius 2 is 1.74 bits per heavy atom. The summed E-state index contributed by atoms with van der Waals surface area (Å²) in [4.78, 5) is 14.2. The Morgan fingerprint density at radius 1 is 1.13 bits per heavy atom. The van der Waals surface area contributed by atoms with Gasteiger partial charge in [0.2, 0.25) is 15.9 Å². The van der Waals surface area contributed by atoms with E-state index in [0.29, 0.717) is 5.69 Å². The first-order chi connectivity index (χ1) is 10.9. The average molecular weight is 339 g/mol. The summed E-state index contributed by atoms with van der Waals surface area (Å²) in [5.74, 6) is -0.473. The Bertz CT molecular complexity index is 620. The number of nitrogens with one attached hydrogen (secondary N) is 1. The number of hydrogen-bond acceptors (Lipinski definition) is 4. The molecule has 2 rings (SSSR count).